The minimum Gasteiger partial charge on any atom is -0.443 e. The first-order valence-corrected chi connectivity index (χ1v) is 9.29. The first-order chi connectivity index (χ1) is 11.6. The molecule has 6 nitrogen and oxygen atoms in total. The number of nitrogens with zero attached hydrogens (tertiary/aromatic N) is 2. The number of hydrogen-bond donors (Lipinski definition) is 1. The average Bonchev–Trinajstić information content (AvgIpc) is 3.26. The van der Waals surface area contributed by atoms with Gasteiger partial charge in [0.1, 0.15) is 4.21 Å². The van der Waals surface area contributed by atoms with Gasteiger partial charge in [0.25, 0.3) is 10.0 Å². The highest BCUT2D eigenvalue weighted by Gasteiger charge is 2.19. The summed E-state index contributed by atoms with van der Waals surface area (Å²) >= 11 is 1.12. The Bertz CT molecular complexity index is 1100. The molecule has 120 valence electrons. The van der Waals surface area contributed by atoms with Crippen molar-refractivity contribution in [1.29, 1.82) is 0 Å². The predicted octanol–water partition coefficient (Wildman–Crippen LogP) is 3.75. The number of para-hydroxylation sites is 1. The van der Waals surface area contributed by atoms with Gasteiger partial charge in [-0.3, -0.25) is 9.71 Å². The van der Waals surface area contributed by atoms with E-state index >= 15 is 0 Å². The van der Waals surface area contributed by atoms with E-state index in [1.165, 1.54) is 6.39 Å². The quantitative estimate of drug-likeness (QED) is 0.601. The number of aromatic nitrogens is 2. The molecule has 0 bridgehead atoms. The van der Waals surface area contributed by atoms with Crippen molar-refractivity contribution >= 4 is 38.0 Å². The molecule has 0 atom stereocenters. The number of fused-ring (bicyclic) bond motifs is 1. The third kappa shape index (κ3) is 2.66. The van der Waals surface area contributed by atoms with E-state index < -0.39 is 10.0 Å². The first-order valence-electron chi connectivity index (χ1n) is 6.99. The number of anilines is 1. The Labute approximate surface area is 141 Å². The summed E-state index contributed by atoms with van der Waals surface area (Å²) in [6, 6.07) is 12.3. The highest BCUT2D eigenvalue weighted by molar-refractivity contribution is 7.94. The van der Waals surface area contributed by atoms with Gasteiger partial charge in [-0.05, 0) is 24.3 Å². The molecule has 0 spiro atoms. The summed E-state index contributed by atoms with van der Waals surface area (Å²) in [7, 11) is -3.71. The molecule has 3 heterocycles. The highest BCUT2D eigenvalue weighted by Crippen LogP contribution is 2.32. The normalized spacial score (nSPS) is 11.7. The zero-order chi connectivity index (χ0) is 16.6. The lowest BCUT2D eigenvalue weighted by molar-refractivity contribution is 0.573. The number of hydrogen-bond acceptors (Lipinski definition) is 6. The van der Waals surface area contributed by atoms with E-state index in [4.69, 9.17) is 4.42 Å². The minimum atomic E-state index is -3.71. The molecular formula is C16H11N3O3S2. The Morgan fingerprint density at radius 2 is 1.96 bits per heavy atom. The molecule has 0 amide bonds. The van der Waals surface area contributed by atoms with E-state index in [9.17, 15) is 8.42 Å². The van der Waals surface area contributed by atoms with E-state index in [-0.39, 0.29) is 4.21 Å². The number of rotatable bonds is 4. The second kappa shape index (κ2) is 5.73. The van der Waals surface area contributed by atoms with E-state index in [1.807, 2.05) is 18.2 Å². The fraction of sp³-hybridized carbons (Fsp3) is 0. The van der Waals surface area contributed by atoms with E-state index in [1.54, 1.807) is 36.7 Å². The van der Waals surface area contributed by atoms with Crippen LogP contribution in [0.4, 0.5) is 5.69 Å². The summed E-state index contributed by atoms with van der Waals surface area (Å²) in [5.74, 6) is 0.535. The number of sulfonamides is 1. The topological polar surface area (TPSA) is 85.1 Å². The van der Waals surface area contributed by atoms with Gasteiger partial charge in [0, 0.05) is 11.6 Å². The molecule has 4 rings (SSSR count). The summed E-state index contributed by atoms with van der Waals surface area (Å²) < 4.78 is 33.3. The zero-order valence-corrected chi connectivity index (χ0v) is 13.8. The predicted molar refractivity (Wildman–Crippen MR) is 92.4 cm³/mol. The number of nitrogens with one attached hydrogen (secondary N) is 1. The van der Waals surface area contributed by atoms with Crippen LogP contribution in [-0.4, -0.2) is 18.4 Å². The van der Waals surface area contributed by atoms with E-state index in [0.717, 1.165) is 16.7 Å². The first kappa shape index (κ1) is 14.9. The van der Waals surface area contributed by atoms with Crippen LogP contribution < -0.4 is 4.72 Å². The third-order valence-electron chi connectivity index (χ3n) is 3.40. The van der Waals surface area contributed by atoms with Gasteiger partial charge in [-0.25, -0.2) is 13.4 Å². The van der Waals surface area contributed by atoms with Gasteiger partial charge in [-0.2, -0.15) is 0 Å². The van der Waals surface area contributed by atoms with Crippen LogP contribution in [0.2, 0.25) is 0 Å². The molecule has 0 aliphatic rings. The average molecular weight is 357 g/mol. The van der Waals surface area contributed by atoms with Crippen LogP contribution in [0, 0.1) is 0 Å². The van der Waals surface area contributed by atoms with Crippen molar-refractivity contribution in [2.24, 2.45) is 0 Å². The lowest BCUT2D eigenvalue weighted by Crippen LogP contribution is -2.11. The van der Waals surface area contributed by atoms with Gasteiger partial charge >= 0.3 is 0 Å². The van der Waals surface area contributed by atoms with Crippen molar-refractivity contribution in [2.75, 3.05) is 4.72 Å². The molecular weight excluding hydrogens is 346 g/mol. The van der Waals surface area contributed by atoms with Crippen molar-refractivity contribution in [3.05, 3.63) is 61.3 Å². The summed E-state index contributed by atoms with van der Waals surface area (Å²) in [6.45, 7) is 0. The molecule has 1 aromatic carbocycles. The summed E-state index contributed by atoms with van der Waals surface area (Å²) in [6.07, 6.45) is 4.49. The monoisotopic (exact) mass is 357 g/mol. The molecule has 0 saturated heterocycles. The molecule has 0 radical (unpaired) electrons. The Morgan fingerprint density at radius 1 is 1.08 bits per heavy atom. The van der Waals surface area contributed by atoms with Crippen molar-refractivity contribution < 1.29 is 12.8 Å². The van der Waals surface area contributed by atoms with Crippen molar-refractivity contribution in [1.82, 2.24) is 9.97 Å². The molecule has 0 unspecified atom stereocenters. The van der Waals surface area contributed by atoms with Gasteiger partial charge in [-0.1, -0.05) is 18.2 Å². The van der Waals surface area contributed by atoms with Crippen molar-refractivity contribution in [3.8, 4) is 10.6 Å². The largest absolute Gasteiger partial charge is 0.443 e. The van der Waals surface area contributed by atoms with Gasteiger partial charge < -0.3 is 4.42 Å². The van der Waals surface area contributed by atoms with E-state index in [0.29, 0.717) is 21.8 Å². The number of oxazole rings is 1. The number of pyridine rings is 1. The smallest absolute Gasteiger partial charge is 0.271 e. The fourth-order valence-corrected chi connectivity index (χ4v) is 4.64. The zero-order valence-electron chi connectivity index (χ0n) is 12.2. The molecule has 8 heteroatoms. The van der Waals surface area contributed by atoms with Gasteiger partial charge in [0.2, 0.25) is 0 Å². The van der Waals surface area contributed by atoms with Crippen LogP contribution in [0.15, 0.2) is 69.9 Å². The molecule has 0 fully saturated rings. The molecule has 4 aromatic rings. The molecule has 0 saturated carbocycles. The maximum absolute atomic E-state index is 12.7. The molecule has 1 N–H and O–H groups in total. The standard InChI is InChI=1S/C16H11N3O3S2/c20-24(21,15-7-6-14(23-15)13-9-17-10-22-13)19-12-5-1-3-11-4-2-8-18-16(11)12/h1-10,19H. The van der Waals surface area contributed by atoms with Crippen LogP contribution in [-0.2, 0) is 10.0 Å². The van der Waals surface area contributed by atoms with Crippen molar-refractivity contribution in [3.63, 3.8) is 0 Å². The Kier molecular flexibility index (Phi) is 3.55. The van der Waals surface area contributed by atoms with Gasteiger partial charge in [0.05, 0.1) is 22.3 Å². The molecule has 24 heavy (non-hydrogen) atoms. The number of thiophene rings is 1. The minimum absolute atomic E-state index is 0.196. The SMILES string of the molecule is O=S(=O)(Nc1cccc2cccnc12)c1ccc(-c2cnco2)s1. The third-order valence-corrected chi connectivity index (χ3v) is 6.36. The van der Waals surface area contributed by atoms with Crippen LogP contribution in [0.5, 0.6) is 0 Å². The molecule has 0 aliphatic carbocycles. The van der Waals surface area contributed by atoms with Crippen LogP contribution in [0.3, 0.4) is 0 Å². The van der Waals surface area contributed by atoms with Crippen LogP contribution >= 0.6 is 11.3 Å². The van der Waals surface area contributed by atoms with Gasteiger partial charge in [-0.15, -0.1) is 11.3 Å². The maximum atomic E-state index is 12.7. The lowest BCUT2D eigenvalue weighted by Gasteiger charge is -2.08. The van der Waals surface area contributed by atoms with Crippen LogP contribution in [0.1, 0.15) is 0 Å². The molecule has 0 aliphatic heterocycles. The van der Waals surface area contributed by atoms with Gasteiger partial charge in [0.15, 0.2) is 12.2 Å². The molecule has 3 aromatic heterocycles. The van der Waals surface area contributed by atoms with Crippen LogP contribution in [0.25, 0.3) is 21.5 Å². The van der Waals surface area contributed by atoms with Crippen molar-refractivity contribution in [2.45, 2.75) is 4.21 Å². The Hall–Kier alpha value is -2.71. The second-order valence-electron chi connectivity index (χ2n) is 4.97. The summed E-state index contributed by atoms with van der Waals surface area (Å²) in [5, 5.41) is 0.867. The summed E-state index contributed by atoms with van der Waals surface area (Å²) in [5.41, 5.74) is 1.05. The lowest BCUT2D eigenvalue weighted by atomic mass is 10.2. The maximum Gasteiger partial charge on any atom is 0.271 e. The second-order valence-corrected chi connectivity index (χ2v) is 7.96. The summed E-state index contributed by atoms with van der Waals surface area (Å²) in [4.78, 5) is 8.79. The fourth-order valence-electron chi connectivity index (χ4n) is 2.32. The van der Waals surface area contributed by atoms with E-state index in [2.05, 4.69) is 14.7 Å². The Balaban J connectivity index is 1.71. The number of benzene rings is 1. The highest BCUT2D eigenvalue weighted by atomic mass is 32.2. The Morgan fingerprint density at radius 3 is 2.79 bits per heavy atom.